The second kappa shape index (κ2) is 6.67. The molecule has 0 aliphatic rings. The molecule has 0 fully saturated rings. The molecule has 1 rings (SSSR count). The van der Waals surface area contributed by atoms with E-state index in [0.29, 0.717) is 19.0 Å². The van der Waals surface area contributed by atoms with Gasteiger partial charge in [-0.2, -0.15) is 0 Å². The number of amides is 1. The van der Waals surface area contributed by atoms with Crippen LogP contribution in [0.5, 0.6) is 0 Å². The van der Waals surface area contributed by atoms with Crippen molar-refractivity contribution in [3.63, 3.8) is 0 Å². The Morgan fingerprint density at radius 2 is 1.95 bits per heavy atom. The second-order valence-corrected chi connectivity index (χ2v) is 3.98. The van der Waals surface area contributed by atoms with Crippen molar-refractivity contribution in [2.24, 2.45) is 10.9 Å². The minimum atomic E-state index is -0.830. The summed E-state index contributed by atoms with van der Waals surface area (Å²) in [5.74, 6) is -2.39. The molecule has 0 aliphatic carbocycles. The molecular weight excluding hydrogens is 256 g/mol. The zero-order valence-electron chi connectivity index (χ0n) is 10.4. The van der Waals surface area contributed by atoms with E-state index < -0.39 is 17.5 Å². The Balaban J connectivity index is 2.98. The summed E-state index contributed by atoms with van der Waals surface area (Å²) in [7, 11) is 0. The smallest absolute Gasteiger partial charge is 0.254 e. The zero-order valence-corrected chi connectivity index (χ0v) is 10.4. The van der Waals surface area contributed by atoms with Crippen LogP contribution in [0.25, 0.3) is 0 Å². The Morgan fingerprint density at radius 1 is 1.37 bits per heavy atom. The molecule has 3 N–H and O–H groups in total. The lowest BCUT2D eigenvalue weighted by Gasteiger charge is -2.21. The van der Waals surface area contributed by atoms with E-state index in [4.69, 9.17) is 10.9 Å². The zero-order chi connectivity index (χ0) is 14.4. The first-order valence-electron chi connectivity index (χ1n) is 5.69. The quantitative estimate of drug-likeness (QED) is 0.369. The van der Waals surface area contributed by atoms with Crippen molar-refractivity contribution in [3.8, 4) is 0 Å². The standard InChI is InChI=1S/C12H15F2N3O2/c1-2-3-17(7-11(15)16-19)12(18)8-4-9(13)6-10(14)5-8/h4-6,19H,2-3,7H2,1H3,(H2,15,16). The summed E-state index contributed by atoms with van der Waals surface area (Å²) < 4.78 is 26.1. The van der Waals surface area contributed by atoms with Crippen LogP contribution in [0, 0.1) is 11.6 Å². The summed E-state index contributed by atoms with van der Waals surface area (Å²) >= 11 is 0. The van der Waals surface area contributed by atoms with Gasteiger partial charge in [0, 0.05) is 18.2 Å². The van der Waals surface area contributed by atoms with Gasteiger partial charge in [0.15, 0.2) is 5.84 Å². The predicted octanol–water partition coefficient (Wildman–Crippen LogP) is 1.56. The minimum Gasteiger partial charge on any atom is -0.409 e. The monoisotopic (exact) mass is 271 g/mol. The molecule has 0 atom stereocenters. The van der Waals surface area contributed by atoms with E-state index in [9.17, 15) is 13.6 Å². The van der Waals surface area contributed by atoms with Crippen molar-refractivity contribution in [1.82, 2.24) is 4.90 Å². The number of carbonyl (C=O) groups excluding carboxylic acids is 1. The average Bonchev–Trinajstić information content (AvgIpc) is 2.36. The van der Waals surface area contributed by atoms with Crippen LogP contribution in [0.3, 0.4) is 0 Å². The molecule has 5 nitrogen and oxygen atoms in total. The lowest BCUT2D eigenvalue weighted by Crippen LogP contribution is -2.39. The maximum Gasteiger partial charge on any atom is 0.254 e. The highest BCUT2D eigenvalue weighted by molar-refractivity contribution is 5.97. The van der Waals surface area contributed by atoms with Gasteiger partial charge in [0.05, 0.1) is 6.54 Å². The third-order valence-corrected chi connectivity index (χ3v) is 2.37. The number of amidine groups is 1. The first kappa shape index (κ1) is 14.9. The van der Waals surface area contributed by atoms with E-state index >= 15 is 0 Å². The Morgan fingerprint density at radius 3 is 2.42 bits per heavy atom. The van der Waals surface area contributed by atoms with Crippen molar-refractivity contribution in [1.29, 1.82) is 0 Å². The molecule has 1 aromatic carbocycles. The summed E-state index contributed by atoms with van der Waals surface area (Å²) in [5.41, 5.74) is 5.22. The molecule has 104 valence electrons. The molecule has 7 heteroatoms. The molecule has 0 unspecified atom stereocenters. The fourth-order valence-corrected chi connectivity index (χ4v) is 1.61. The van der Waals surface area contributed by atoms with Crippen molar-refractivity contribution in [2.45, 2.75) is 13.3 Å². The Hall–Kier alpha value is -2.18. The maximum atomic E-state index is 13.1. The summed E-state index contributed by atoms with van der Waals surface area (Å²) in [6.45, 7) is 2.05. The normalized spacial score (nSPS) is 11.4. The van der Waals surface area contributed by atoms with Crippen LogP contribution in [0.4, 0.5) is 8.78 Å². The van der Waals surface area contributed by atoms with Crippen LogP contribution in [-0.4, -0.2) is 34.9 Å². The summed E-state index contributed by atoms with van der Waals surface area (Å²) in [6, 6.07) is 2.57. The molecule has 0 spiro atoms. The molecular formula is C12H15F2N3O2. The summed E-state index contributed by atoms with van der Waals surface area (Å²) in [4.78, 5) is 13.3. The molecule has 0 saturated heterocycles. The predicted molar refractivity (Wildman–Crippen MR) is 66.0 cm³/mol. The van der Waals surface area contributed by atoms with Crippen molar-refractivity contribution in [3.05, 3.63) is 35.4 Å². The molecule has 1 aromatic rings. The molecule has 0 aromatic heterocycles. The van der Waals surface area contributed by atoms with Crippen LogP contribution in [-0.2, 0) is 0 Å². The number of hydrogen-bond donors (Lipinski definition) is 2. The highest BCUT2D eigenvalue weighted by Gasteiger charge is 2.18. The number of oxime groups is 1. The van der Waals surface area contributed by atoms with Gasteiger partial charge in [-0.3, -0.25) is 4.79 Å². The van der Waals surface area contributed by atoms with Gasteiger partial charge in [-0.1, -0.05) is 12.1 Å². The van der Waals surface area contributed by atoms with E-state index in [1.54, 1.807) is 0 Å². The number of nitrogens with two attached hydrogens (primary N) is 1. The van der Waals surface area contributed by atoms with Crippen LogP contribution in [0.2, 0.25) is 0 Å². The van der Waals surface area contributed by atoms with E-state index in [1.165, 1.54) is 4.90 Å². The lowest BCUT2D eigenvalue weighted by atomic mass is 10.1. The second-order valence-electron chi connectivity index (χ2n) is 3.98. The van der Waals surface area contributed by atoms with E-state index in [2.05, 4.69) is 5.16 Å². The molecule has 19 heavy (non-hydrogen) atoms. The summed E-state index contributed by atoms with van der Waals surface area (Å²) in [6.07, 6.45) is 0.627. The topological polar surface area (TPSA) is 78.9 Å². The highest BCUT2D eigenvalue weighted by Crippen LogP contribution is 2.11. The van der Waals surface area contributed by atoms with Gasteiger partial charge in [0.25, 0.3) is 5.91 Å². The summed E-state index contributed by atoms with van der Waals surface area (Å²) in [5, 5.41) is 11.3. The first-order valence-corrected chi connectivity index (χ1v) is 5.69. The van der Waals surface area contributed by atoms with E-state index in [-0.39, 0.29) is 17.9 Å². The van der Waals surface area contributed by atoms with Crippen LogP contribution in [0.1, 0.15) is 23.7 Å². The van der Waals surface area contributed by atoms with Gasteiger partial charge in [-0.15, -0.1) is 0 Å². The lowest BCUT2D eigenvalue weighted by molar-refractivity contribution is 0.0777. The fraction of sp³-hybridized carbons (Fsp3) is 0.333. The van der Waals surface area contributed by atoms with Crippen LogP contribution in [0.15, 0.2) is 23.4 Å². The van der Waals surface area contributed by atoms with Gasteiger partial charge in [-0.05, 0) is 18.6 Å². The number of halogens is 2. The maximum absolute atomic E-state index is 13.1. The van der Waals surface area contributed by atoms with Gasteiger partial charge < -0.3 is 15.8 Å². The number of nitrogens with zero attached hydrogens (tertiary/aromatic N) is 2. The largest absolute Gasteiger partial charge is 0.409 e. The third-order valence-electron chi connectivity index (χ3n) is 2.37. The van der Waals surface area contributed by atoms with E-state index in [1.807, 2.05) is 6.92 Å². The third kappa shape index (κ3) is 4.20. The Kier molecular flexibility index (Phi) is 5.23. The molecule has 0 heterocycles. The Bertz CT molecular complexity index is 472. The van der Waals surface area contributed by atoms with Crippen molar-refractivity contribution in [2.75, 3.05) is 13.1 Å². The fourth-order valence-electron chi connectivity index (χ4n) is 1.61. The molecule has 0 radical (unpaired) electrons. The SMILES string of the molecule is CCCN(CC(N)=NO)C(=O)c1cc(F)cc(F)c1. The molecule has 0 bridgehead atoms. The van der Waals surface area contributed by atoms with E-state index in [0.717, 1.165) is 12.1 Å². The number of benzene rings is 1. The van der Waals surface area contributed by atoms with Crippen LogP contribution >= 0.6 is 0 Å². The molecule has 0 saturated carbocycles. The Labute approximate surface area is 109 Å². The molecule has 0 aliphatic heterocycles. The average molecular weight is 271 g/mol. The van der Waals surface area contributed by atoms with Crippen molar-refractivity contribution >= 4 is 11.7 Å². The number of hydrogen-bond acceptors (Lipinski definition) is 3. The van der Waals surface area contributed by atoms with Gasteiger partial charge in [-0.25, -0.2) is 8.78 Å². The first-order chi connectivity index (χ1) is 8.97. The number of rotatable bonds is 5. The van der Waals surface area contributed by atoms with Crippen LogP contribution < -0.4 is 5.73 Å². The molecule has 1 amide bonds. The number of carbonyl (C=O) groups is 1. The minimum absolute atomic E-state index is 0.110. The van der Waals surface area contributed by atoms with Gasteiger partial charge in [0.1, 0.15) is 11.6 Å². The van der Waals surface area contributed by atoms with Crippen molar-refractivity contribution < 1.29 is 18.8 Å². The van der Waals surface area contributed by atoms with Gasteiger partial charge >= 0.3 is 0 Å². The van der Waals surface area contributed by atoms with Gasteiger partial charge in [0.2, 0.25) is 0 Å². The highest BCUT2D eigenvalue weighted by atomic mass is 19.1.